The van der Waals surface area contributed by atoms with Crippen LogP contribution >= 0.6 is 0 Å². The monoisotopic (exact) mass is 255 g/mol. The highest BCUT2D eigenvalue weighted by molar-refractivity contribution is 5.65. The largest absolute Gasteiger partial charge is 0.399 e. The first kappa shape index (κ1) is 12.3. The van der Waals surface area contributed by atoms with E-state index in [1.54, 1.807) is 0 Å². The number of nitrogen functional groups attached to an aromatic ring is 1. The van der Waals surface area contributed by atoms with Gasteiger partial charge in [0.05, 0.1) is 11.3 Å². The van der Waals surface area contributed by atoms with E-state index in [2.05, 4.69) is 11.0 Å². The Morgan fingerprint density at radius 2 is 1.95 bits per heavy atom. The summed E-state index contributed by atoms with van der Waals surface area (Å²) in [6.45, 7) is 1.08. The summed E-state index contributed by atoms with van der Waals surface area (Å²) >= 11 is 0. The first-order chi connectivity index (χ1) is 9.29. The van der Waals surface area contributed by atoms with Crippen molar-refractivity contribution in [2.24, 2.45) is 5.92 Å². The molecule has 1 aliphatic carbocycles. The molecule has 3 heteroatoms. The predicted octanol–water partition coefficient (Wildman–Crippen LogP) is 3.30. The van der Waals surface area contributed by atoms with E-state index in [1.165, 1.54) is 38.5 Å². The van der Waals surface area contributed by atoms with E-state index in [0.717, 1.165) is 23.7 Å². The standard InChI is InChI=1S/C16H21N3/c17-11-13-10-14(18)7-8-16(13)19-9-3-5-12-4-1-2-6-15(12)19/h7-8,10,12,15H,1-6,9,18H2/t12-,15-/m1/s1. The van der Waals surface area contributed by atoms with Crippen LogP contribution in [0.3, 0.4) is 0 Å². The molecule has 2 N–H and O–H groups in total. The highest BCUT2D eigenvalue weighted by atomic mass is 15.2. The molecular formula is C16H21N3. The molecule has 19 heavy (non-hydrogen) atoms. The maximum atomic E-state index is 9.34. The molecule has 0 amide bonds. The molecule has 0 aromatic heterocycles. The summed E-state index contributed by atoms with van der Waals surface area (Å²) in [5.41, 5.74) is 8.29. The van der Waals surface area contributed by atoms with Crippen molar-refractivity contribution in [1.29, 1.82) is 5.26 Å². The Labute approximate surface area is 115 Å². The van der Waals surface area contributed by atoms with Crippen LogP contribution in [0.25, 0.3) is 0 Å². The molecule has 2 fully saturated rings. The van der Waals surface area contributed by atoms with Crippen molar-refractivity contribution >= 4 is 11.4 Å². The second-order valence-corrected chi connectivity index (χ2v) is 5.84. The molecule has 1 heterocycles. The molecule has 3 rings (SSSR count). The Kier molecular flexibility index (Phi) is 3.33. The molecule has 0 bridgehead atoms. The number of fused-ring (bicyclic) bond motifs is 1. The molecular weight excluding hydrogens is 234 g/mol. The average Bonchev–Trinajstić information content (AvgIpc) is 2.46. The Bertz CT molecular complexity index is 501. The molecule has 1 aromatic carbocycles. The van der Waals surface area contributed by atoms with Gasteiger partial charge in [0, 0.05) is 18.3 Å². The van der Waals surface area contributed by atoms with Crippen molar-refractivity contribution < 1.29 is 0 Å². The number of hydrogen-bond acceptors (Lipinski definition) is 3. The lowest BCUT2D eigenvalue weighted by atomic mass is 9.78. The van der Waals surface area contributed by atoms with Gasteiger partial charge in [-0.2, -0.15) is 5.26 Å². The summed E-state index contributed by atoms with van der Waals surface area (Å²) in [6.07, 6.45) is 7.95. The second kappa shape index (κ2) is 5.13. The highest BCUT2D eigenvalue weighted by Crippen LogP contribution is 2.38. The lowest BCUT2D eigenvalue weighted by Gasteiger charge is -2.45. The van der Waals surface area contributed by atoms with Gasteiger partial charge in [0.1, 0.15) is 6.07 Å². The maximum Gasteiger partial charge on any atom is 0.101 e. The first-order valence-electron chi connectivity index (χ1n) is 7.36. The third-order valence-electron chi connectivity index (χ3n) is 4.69. The number of nitriles is 1. The smallest absolute Gasteiger partial charge is 0.101 e. The van der Waals surface area contributed by atoms with Gasteiger partial charge in [-0.15, -0.1) is 0 Å². The predicted molar refractivity (Wildman–Crippen MR) is 77.9 cm³/mol. The van der Waals surface area contributed by atoms with Gasteiger partial charge in [-0.3, -0.25) is 0 Å². The molecule has 0 spiro atoms. The Morgan fingerprint density at radius 3 is 2.79 bits per heavy atom. The Hall–Kier alpha value is -1.69. The van der Waals surface area contributed by atoms with E-state index in [0.29, 0.717) is 11.7 Å². The summed E-state index contributed by atoms with van der Waals surface area (Å²) in [5.74, 6) is 0.826. The van der Waals surface area contributed by atoms with Crippen LogP contribution in [-0.4, -0.2) is 12.6 Å². The third-order valence-corrected chi connectivity index (χ3v) is 4.69. The molecule has 1 saturated carbocycles. The van der Waals surface area contributed by atoms with E-state index in [9.17, 15) is 5.26 Å². The highest BCUT2D eigenvalue weighted by Gasteiger charge is 2.34. The molecule has 1 aromatic rings. The van der Waals surface area contributed by atoms with Crippen LogP contribution < -0.4 is 10.6 Å². The fraction of sp³-hybridized carbons (Fsp3) is 0.562. The van der Waals surface area contributed by atoms with E-state index in [1.807, 2.05) is 18.2 Å². The zero-order valence-corrected chi connectivity index (χ0v) is 11.3. The van der Waals surface area contributed by atoms with E-state index < -0.39 is 0 Å². The summed E-state index contributed by atoms with van der Waals surface area (Å²) in [7, 11) is 0. The van der Waals surface area contributed by atoms with Crippen LogP contribution in [-0.2, 0) is 0 Å². The van der Waals surface area contributed by atoms with Crippen molar-refractivity contribution in [3.8, 4) is 6.07 Å². The van der Waals surface area contributed by atoms with Gasteiger partial charge in [0.15, 0.2) is 0 Å². The third kappa shape index (κ3) is 2.28. The van der Waals surface area contributed by atoms with Crippen LogP contribution in [0.2, 0.25) is 0 Å². The van der Waals surface area contributed by atoms with Crippen LogP contribution in [0.4, 0.5) is 11.4 Å². The Balaban J connectivity index is 1.94. The average molecular weight is 255 g/mol. The molecule has 1 saturated heterocycles. The van der Waals surface area contributed by atoms with Crippen LogP contribution in [0.15, 0.2) is 18.2 Å². The molecule has 2 aliphatic rings. The molecule has 2 atom stereocenters. The van der Waals surface area contributed by atoms with Crippen LogP contribution in [0.1, 0.15) is 44.1 Å². The fourth-order valence-electron chi connectivity index (χ4n) is 3.82. The number of piperidine rings is 1. The molecule has 0 radical (unpaired) electrons. The second-order valence-electron chi connectivity index (χ2n) is 5.84. The van der Waals surface area contributed by atoms with Crippen molar-refractivity contribution in [3.05, 3.63) is 23.8 Å². The van der Waals surface area contributed by atoms with Crippen molar-refractivity contribution in [2.75, 3.05) is 17.2 Å². The lowest BCUT2D eigenvalue weighted by molar-refractivity contribution is 0.244. The number of benzene rings is 1. The van der Waals surface area contributed by atoms with E-state index >= 15 is 0 Å². The van der Waals surface area contributed by atoms with E-state index in [-0.39, 0.29) is 0 Å². The lowest BCUT2D eigenvalue weighted by Crippen LogP contribution is -2.47. The molecule has 3 nitrogen and oxygen atoms in total. The normalized spacial score (nSPS) is 26.6. The van der Waals surface area contributed by atoms with Crippen LogP contribution in [0.5, 0.6) is 0 Å². The topological polar surface area (TPSA) is 53.1 Å². The summed E-state index contributed by atoms with van der Waals surface area (Å²) < 4.78 is 0. The number of anilines is 2. The van der Waals surface area contributed by atoms with Gasteiger partial charge in [0.2, 0.25) is 0 Å². The van der Waals surface area contributed by atoms with Gasteiger partial charge >= 0.3 is 0 Å². The molecule has 0 unspecified atom stereocenters. The van der Waals surface area contributed by atoms with Gasteiger partial charge < -0.3 is 10.6 Å². The van der Waals surface area contributed by atoms with Crippen molar-refractivity contribution in [2.45, 2.75) is 44.6 Å². The van der Waals surface area contributed by atoms with Gasteiger partial charge in [-0.25, -0.2) is 0 Å². The van der Waals surface area contributed by atoms with Gasteiger partial charge in [0.25, 0.3) is 0 Å². The number of nitrogens with two attached hydrogens (primary N) is 1. The van der Waals surface area contributed by atoms with Gasteiger partial charge in [-0.05, 0) is 49.8 Å². The van der Waals surface area contributed by atoms with Crippen LogP contribution in [0, 0.1) is 17.2 Å². The van der Waals surface area contributed by atoms with E-state index in [4.69, 9.17) is 5.73 Å². The summed E-state index contributed by atoms with van der Waals surface area (Å²) in [5, 5.41) is 9.34. The summed E-state index contributed by atoms with van der Waals surface area (Å²) in [6, 6.07) is 8.70. The van der Waals surface area contributed by atoms with Crippen molar-refractivity contribution in [1.82, 2.24) is 0 Å². The maximum absolute atomic E-state index is 9.34. The minimum absolute atomic E-state index is 0.637. The minimum atomic E-state index is 0.637. The first-order valence-corrected chi connectivity index (χ1v) is 7.36. The molecule has 100 valence electrons. The zero-order chi connectivity index (χ0) is 13.2. The number of rotatable bonds is 1. The fourth-order valence-corrected chi connectivity index (χ4v) is 3.82. The zero-order valence-electron chi connectivity index (χ0n) is 11.3. The van der Waals surface area contributed by atoms with Gasteiger partial charge in [-0.1, -0.05) is 12.8 Å². The van der Waals surface area contributed by atoms with Crippen molar-refractivity contribution in [3.63, 3.8) is 0 Å². The number of hydrogen-bond donors (Lipinski definition) is 1. The quantitative estimate of drug-likeness (QED) is 0.783. The summed E-state index contributed by atoms with van der Waals surface area (Å²) in [4.78, 5) is 2.48. The minimum Gasteiger partial charge on any atom is -0.399 e. The SMILES string of the molecule is N#Cc1cc(N)ccc1N1CCC[C@H]2CCCC[C@H]21. The Morgan fingerprint density at radius 1 is 1.16 bits per heavy atom. The number of nitrogens with zero attached hydrogens (tertiary/aromatic N) is 2. The molecule has 1 aliphatic heterocycles.